The van der Waals surface area contributed by atoms with E-state index in [1.165, 1.54) is 0 Å². The fourth-order valence-corrected chi connectivity index (χ4v) is 1.70. The van der Waals surface area contributed by atoms with Crippen molar-refractivity contribution in [3.63, 3.8) is 0 Å². The van der Waals surface area contributed by atoms with Gasteiger partial charge in [0.25, 0.3) is 0 Å². The van der Waals surface area contributed by atoms with Crippen LogP contribution in [0.4, 0.5) is 0 Å². The molecule has 0 aromatic carbocycles. The molecular formula is C10H20N2O2. The molecule has 2 N–H and O–H groups in total. The fraction of sp³-hybridized carbons (Fsp3) is 0.900. The van der Waals surface area contributed by atoms with E-state index in [-0.39, 0.29) is 11.8 Å². The van der Waals surface area contributed by atoms with E-state index in [9.17, 15) is 4.79 Å². The quantitative estimate of drug-likeness (QED) is 0.654. The predicted octanol–water partition coefficient (Wildman–Crippen LogP) is -0.319. The van der Waals surface area contributed by atoms with Gasteiger partial charge in [0, 0.05) is 19.5 Å². The molecule has 0 spiro atoms. The van der Waals surface area contributed by atoms with Gasteiger partial charge >= 0.3 is 0 Å². The zero-order valence-electron chi connectivity index (χ0n) is 9.16. The van der Waals surface area contributed by atoms with E-state index >= 15 is 0 Å². The molecule has 14 heavy (non-hydrogen) atoms. The number of nitrogens with zero attached hydrogens (tertiary/aromatic N) is 1. The third-order valence-corrected chi connectivity index (χ3v) is 2.82. The molecule has 2 unspecified atom stereocenters. The van der Waals surface area contributed by atoms with Crippen molar-refractivity contribution in [3.8, 4) is 0 Å². The topological polar surface area (TPSA) is 52.6 Å². The number of hydrogen-bond donors (Lipinski definition) is 2. The molecule has 1 amide bonds. The van der Waals surface area contributed by atoms with Crippen LogP contribution in [0.5, 0.6) is 0 Å². The SMILES string of the molecule is CC(O)CN(C)C(=O)C(C)C1CNC1. The van der Waals surface area contributed by atoms with Gasteiger partial charge in [-0.3, -0.25) is 4.79 Å². The molecule has 0 bridgehead atoms. The van der Waals surface area contributed by atoms with Crippen LogP contribution >= 0.6 is 0 Å². The van der Waals surface area contributed by atoms with E-state index in [1.54, 1.807) is 18.9 Å². The summed E-state index contributed by atoms with van der Waals surface area (Å²) in [4.78, 5) is 13.4. The van der Waals surface area contributed by atoms with Crippen molar-refractivity contribution in [2.45, 2.75) is 20.0 Å². The summed E-state index contributed by atoms with van der Waals surface area (Å²) in [7, 11) is 1.75. The lowest BCUT2D eigenvalue weighted by Gasteiger charge is -2.34. The average molecular weight is 200 g/mol. The van der Waals surface area contributed by atoms with Crippen LogP contribution in [0.1, 0.15) is 13.8 Å². The highest BCUT2D eigenvalue weighted by Crippen LogP contribution is 2.17. The number of nitrogens with one attached hydrogen (secondary N) is 1. The molecule has 1 aliphatic heterocycles. The Morgan fingerprint density at radius 1 is 1.57 bits per heavy atom. The Morgan fingerprint density at radius 3 is 2.50 bits per heavy atom. The van der Waals surface area contributed by atoms with E-state index in [2.05, 4.69) is 5.32 Å². The molecule has 1 heterocycles. The highest BCUT2D eigenvalue weighted by atomic mass is 16.3. The smallest absolute Gasteiger partial charge is 0.225 e. The zero-order chi connectivity index (χ0) is 10.7. The Morgan fingerprint density at radius 2 is 2.14 bits per heavy atom. The summed E-state index contributed by atoms with van der Waals surface area (Å²) in [6.45, 7) is 5.96. The number of aliphatic hydroxyl groups is 1. The molecule has 0 aliphatic carbocycles. The van der Waals surface area contributed by atoms with E-state index in [0.29, 0.717) is 12.5 Å². The van der Waals surface area contributed by atoms with Crippen LogP contribution in [0.3, 0.4) is 0 Å². The molecule has 1 fully saturated rings. The highest BCUT2D eigenvalue weighted by molar-refractivity contribution is 5.78. The zero-order valence-corrected chi connectivity index (χ0v) is 9.16. The predicted molar refractivity (Wildman–Crippen MR) is 54.8 cm³/mol. The van der Waals surface area contributed by atoms with Crippen LogP contribution in [0.2, 0.25) is 0 Å². The van der Waals surface area contributed by atoms with Gasteiger partial charge in [0.05, 0.1) is 6.10 Å². The minimum Gasteiger partial charge on any atom is -0.392 e. The lowest BCUT2D eigenvalue weighted by atomic mass is 9.88. The molecule has 4 nitrogen and oxygen atoms in total. The molecule has 1 aliphatic rings. The lowest BCUT2D eigenvalue weighted by Crippen LogP contribution is -2.50. The lowest BCUT2D eigenvalue weighted by molar-refractivity contribution is -0.137. The number of carbonyl (C=O) groups is 1. The van der Waals surface area contributed by atoms with Gasteiger partial charge in [-0.15, -0.1) is 0 Å². The summed E-state index contributed by atoms with van der Waals surface area (Å²) < 4.78 is 0. The van der Waals surface area contributed by atoms with Gasteiger partial charge < -0.3 is 15.3 Å². The molecule has 0 aromatic heterocycles. The van der Waals surface area contributed by atoms with Crippen molar-refractivity contribution in [1.29, 1.82) is 0 Å². The summed E-state index contributed by atoms with van der Waals surface area (Å²) >= 11 is 0. The van der Waals surface area contributed by atoms with Crippen LogP contribution in [0.25, 0.3) is 0 Å². The Bertz CT molecular complexity index is 202. The number of carbonyl (C=O) groups excluding carboxylic acids is 1. The van der Waals surface area contributed by atoms with Gasteiger partial charge in [0.15, 0.2) is 0 Å². The van der Waals surface area contributed by atoms with Gasteiger partial charge in [-0.2, -0.15) is 0 Å². The summed E-state index contributed by atoms with van der Waals surface area (Å²) in [6, 6.07) is 0. The van der Waals surface area contributed by atoms with E-state index in [0.717, 1.165) is 13.1 Å². The minimum atomic E-state index is -0.448. The van der Waals surface area contributed by atoms with Gasteiger partial charge in [0.1, 0.15) is 0 Å². The van der Waals surface area contributed by atoms with Crippen molar-refractivity contribution < 1.29 is 9.90 Å². The Balaban J connectivity index is 2.38. The monoisotopic (exact) mass is 200 g/mol. The standard InChI is InChI=1S/C10H20N2O2/c1-7(13)6-12(3)10(14)8(2)9-4-11-5-9/h7-9,11,13H,4-6H2,1-3H3. The maximum atomic E-state index is 11.8. The largest absolute Gasteiger partial charge is 0.392 e. The third kappa shape index (κ3) is 2.69. The van der Waals surface area contributed by atoms with Crippen molar-refractivity contribution >= 4 is 5.91 Å². The molecule has 0 radical (unpaired) electrons. The normalized spacial score (nSPS) is 21.1. The van der Waals surface area contributed by atoms with Crippen LogP contribution in [-0.4, -0.2) is 48.7 Å². The van der Waals surface area contributed by atoms with Gasteiger partial charge in [-0.1, -0.05) is 6.92 Å². The number of aliphatic hydroxyl groups excluding tert-OH is 1. The molecular weight excluding hydrogens is 180 g/mol. The van der Waals surface area contributed by atoms with Crippen molar-refractivity contribution in [3.05, 3.63) is 0 Å². The van der Waals surface area contributed by atoms with Crippen LogP contribution in [0.15, 0.2) is 0 Å². The molecule has 0 saturated carbocycles. The first-order valence-corrected chi connectivity index (χ1v) is 5.16. The summed E-state index contributed by atoms with van der Waals surface area (Å²) in [5.74, 6) is 0.677. The maximum absolute atomic E-state index is 11.8. The van der Waals surface area contributed by atoms with Crippen LogP contribution in [0, 0.1) is 11.8 Å². The highest BCUT2D eigenvalue weighted by Gasteiger charge is 2.30. The Kier molecular flexibility index (Phi) is 3.89. The fourth-order valence-electron chi connectivity index (χ4n) is 1.70. The van der Waals surface area contributed by atoms with Crippen LogP contribution < -0.4 is 5.32 Å². The molecule has 4 heteroatoms. The second-order valence-corrected chi connectivity index (χ2v) is 4.27. The maximum Gasteiger partial charge on any atom is 0.225 e. The minimum absolute atomic E-state index is 0.0694. The first-order valence-electron chi connectivity index (χ1n) is 5.16. The van der Waals surface area contributed by atoms with Crippen molar-refractivity contribution in [2.75, 3.05) is 26.7 Å². The first kappa shape index (κ1) is 11.5. The second-order valence-electron chi connectivity index (χ2n) is 4.27. The van der Waals surface area contributed by atoms with Crippen LogP contribution in [-0.2, 0) is 4.79 Å². The molecule has 1 saturated heterocycles. The molecule has 2 atom stereocenters. The van der Waals surface area contributed by atoms with Gasteiger partial charge in [-0.05, 0) is 25.9 Å². The molecule has 1 rings (SSSR count). The van der Waals surface area contributed by atoms with Gasteiger partial charge in [0.2, 0.25) is 5.91 Å². The summed E-state index contributed by atoms with van der Waals surface area (Å²) in [6.07, 6.45) is -0.448. The molecule has 82 valence electrons. The third-order valence-electron chi connectivity index (χ3n) is 2.82. The number of hydrogen-bond acceptors (Lipinski definition) is 3. The van der Waals surface area contributed by atoms with Crippen molar-refractivity contribution in [2.24, 2.45) is 11.8 Å². The summed E-state index contributed by atoms with van der Waals surface area (Å²) in [5, 5.41) is 12.3. The van der Waals surface area contributed by atoms with E-state index in [4.69, 9.17) is 5.11 Å². The first-order chi connectivity index (χ1) is 6.52. The molecule has 0 aromatic rings. The number of rotatable bonds is 4. The Hall–Kier alpha value is -0.610. The Labute approximate surface area is 85.3 Å². The summed E-state index contributed by atoms with van der Waals surface area (Å²) in [5.41, 5.74) is 0. The van der Waals surface area contributed by atoms with E-state index in [1.807, 2.05) is 6.92 Å². The second kappa shape index (κ2) is 4.75. The number of amides is 1. The van der Waals surface area contributed by atoms with Gasteiger partial charge in [-0.25, -0.2) is 0 Å². The van der Waals surface area contributed by atoms with Crippen molar-refractivity contribution in [1.82, 2.24) is 10.2 Å². The average Bonchev–Trinajstić information content (AvgIpc) is 1.98. The van der Waals surface area contributed by atoms with E-state index < -0.39 is 6.10 Å². The number of likely N-dealkylation sites (N-methyl/N-ethyl adjacent to an activating group) is 1.